The molecule has 6 nitrogen and oxygen atoms in total. The summed E-state index contributed by atoms with van der Waals surface area (Å²) in [6, 6.07) is 1.82. The quantitative estimate of drug-likeness (QED) is 0.643. The lowest BCUT2D eigenvalue weighted by Crippen LogP contribution is -2.34. The summed E-state index contributed by atoms with van der Waals surface area (Å²) in [5.41, 5.74) is 5.80. The van der Waals surface area contributed by atoms with Gasteiger partial charge < -0.3 is 15.2 Å². The second-order valence-electron chi connectivity index (χ2n) is 4.10. The molecular formula is C11H14N6S. The molecule has 1 aliphatic rings. The molecule has 0 aromatic carbocycles. The molecule has 2 aromatic rings. The first-order valence-electron chi connectivity index (χ1n) is 5.70. The van der Waals surface area contributed by atoms with Gasteiger partial charge in [-0.25, -0.2) is 15.0 Å². The van der Waals surface area contributed by atoms with Crippen molar-refractivity contribution < 1.29 is 0 Å². The van der Waals surface area contributed by atoms with Crippen LogP contribution in [0.25, 0.3) is 0 Å². The van der Waals surface area contributed by atoms with E-state index < -0.39 is 0 Å². The number of rotatable bonds is 2. The van der Waals surface area contributed by atoms with Crippen LogP contribution in [-0.4, -0.2) is 32.3 Å². The summed E-state index contributed by atoms with van der Waals surface area (Å²) in [6.07, 6.45) is 5.79. The van der Waals surface area contributed by atoms with E-state index in [0.717, 1.165) is 31.3 Å². The number of anilines is 2. The van der Waals surface area contributed by atoms with Gasteiger partial charge in [0.05, 0.1) is 6.54 Å². The molecule has 0 amide bonds. The molecule has 3 rings (SSSR count). The highest BCUT2D eigenvalue weighted by Gasteiger charge is 2.18. The van der Waals surface area contributed by atoms with Crippen molar-refractivity contribution in [2.24, 2.45) is 0 Å². The molecule has 94 valence electrons. The Balaban J connectivity index is 1.90. The first-order valence-corrected chi connectivity index (χ1v) is 6.92. The number of hydrogen-bond acceptors (Lipinski definition) is 6. The summed E-state index contributed by atoms with van der Waals surface area (Å²) in [4.78, 5) is 15.2. The molecule has 0 saturated heterocycles. The van der Waals surface area contributed by atoms with Crippen LogP contribution in [0.5, 0.6) is 0 Å². The lowest BCUT2D eigenvalue weighted by Gasteiger charge is -2.28. The number of imidazole rings is 1. The zero-order chi connectivity index (χ0) is 12.5. The Morgan fingerprint density at radius 1 is 1.33 bits per heavy atom. The van der Waals surface area contributed by atoms with Gasteiger partial charge in [-0.3, -0.25) is 0 Å². The molecule has 18 heavy (non-hydrogen) atoms. The Morgan fingerprint density at radius 3 is 3.06 bits per heavy atom. The second kappa shape index (κ2) is 4.49. The SMILES string of the molecule is CSc1nc(N)cc(N2CCn3ccnc3C2)n1. The van der Waals surface area contributed by atoms with E-state index in [1.165, 1.54) is 11.8 Å². The van der Waals surface area contributed by atoms with Crippen LogP contribution in [0, 0.1) is 0 Å². The van der Waals surface area contributed by atoms with Crippen LogP contribution in [0.3, 0.4) is 0 Å². The zero-order valence-electron chi connectivity index (χ0n) is 10.1. The minimum atomic E-state index is 0.512. The minimum absolute atomic E-state index is 0.512. The molecule has 3 heterocycles. The maximum atomic E-state index is 5.80. The second-order valence-corrected chi connectivity index (χ2v) is 4.87. The van der Waals surface area contributed by atoms with E-state index in [-0.39, 0.29) is 0 Å². The average molecular weight is 262 g/mol. The molecule has 2 aromatic heterocycles. The Hall–Kier alpha value is -1.76. The van der Waals surface area contributed by atoms with Gasteiger partial charge in [-0.1, -0.05) is 11.8 Å². The maximum Gasteiger partial charge on any atom is 0.191 e. The van der Waals surface area contributed by atoms with Gasteiger partial charge in [0.15, 0.2) is 5.16 Å². The van der Waals surface area contributed by atoms with E-state index in [2.05, 4.69) is 24.4 Å². The molecule has 0 aliphatic carbocycles. The number of aromatic nitrogens is 4. The monoisotopic (exact) mass is 262 g/mol. The molecule has 0 spiro atoms. The molecule has 0 bridgehead atoms. The molecule has 0 saturated carbocycles. The molecular weight excluding hydrogens is 248 g/mol. The van der Waals surface area contributed by atoms with Gasteiger partial charge in [0, 0.05) is 31.5 Å². The molecule has 0 unspecified atom stereocenters. The topological polar surface area (TPSA) is 72.9 Å². The van der Waals surface area contributed by atoms with E-state index >= 15 is 0 Å². The van der Waals surface area contributed by atoms with Crippen LogP contribution < -0.4 is 10.6 Å². The smallest absolute Gasteiger partial charge is 0.191 e. The lowest BCUT2D eigenvalue weighted by molar-refractivity contribution is 0.554. The van der Waals surface area contributed by atoms with Gasteiger partial charge in [0.2, 0.25) is 0 Å². The summed E-state index contributed by atoms with van der Waals surface area (Å²) in [5, 5.41) is 0.707. The van der Waals surface area contributed by atoms with E-state index in [4.69, 9.17) is 5.73 Å². The van der Waals surface area contributed by atoms with E-state index in [0.29, 0.717) is 11.0 Å². The number of nitrogens with two attached hydrogens (primary N) is 1. The molecule has 0 radical (unpaired) electrons. The fraction of sp³-hybridized carbons (Fsp3) is 0.364. The normalized spacial score (nSPS) is 14.6. The van der Waals surface area contributed by atoms with Crippen molar-refractivity contribution in [2.75, 3.05) is 23.4 Å². The summed E-state index contributed by atoms with van der Waals surface area (Å²) in [7, 11) is 0. The van der Waals surface area contributed by atoms with Crippen LogP contribution in [0.15, 0.2) is 23.6 Å². The van der Waals surface area contributed by atoms with Gasteiger partial charge in [-0.05, 0) is 6.26 Å². The van der Waals surface area contributed by atoms with Gasteiger partial charge in [0.1, 0.15) is 17.5 Å². The maximum absolute atomic E-state index is 5.80. The molecule has 0 fully saturated rings. The first-order chi connectivity index (χ1) is 8.76. The standard InChI is InChI=1S/C11H14N6S/c1-18-11-14-8(12)6-9(15-11)17-5-4-16-3-2-13-10(16)7-17/h2-3,6H,4-5,7H2,1H3,(H2,12,14,15). The minimum Gasteiger partial charge on any atom is -0.383 e. The van der Waals surface area contributed by atoms with Gasteiger partial charge >= 0.3 is 0 Å². The molecule has 7 heteroatoms. The van der Waals surface area contributed by atoms with Crippen LogP contribution in [-0.2, 0) is 13.1 Å². The van der Waals surface area contributed by atoms with Crippen molar-refractivity contribution >= 4 is 23.4 Å². The Kier molecular flexibility index (Phi) is 2.83. The molecule has 0 atom stereocenters. The van der Waals surface area contributed by atoms with Gasteiger partial charge in [-0.2, -0.15) is 0 Å². The Morgan fingerprint density at radius 2 is 2.22 bits per heavy atom. The third kappa shape index (κ3) is 2.01. The number of thioether (sulfide) groups is 1. The highest BCUT2D eigenvalue weighted by molar-refractivity contribution is 7.98. The van der Waals surface area contributed by atoms with Gasteiger partial charge in [-0.15, -0.1) is 0 Å². The van der Waals surface area contributed by atoms with Crippen molar-refractivity contribution in [1.29, 1.82) is 0 Å². The lowest BCUT2D eigenvalue weighted by atomic mass is 10.3. The Labute approximate surface area is 109 Å². The summed E-state index contributed by atoms with van der Waals surface area (Å²) in [6.45, 7) is 2.60. The number of hydrogen-bond donors (Lipinski definition) is 1. The van der Waals surface area contributed by atoms with Gasteiger partial charge in [0.25, 0.3) is 0 Å². The van der Waals surface area contributed by atoms with E-state index in [9.17, 15) is 0 Å². The summed E-state index contributed by atoms with van der Waals surface area (Å²) >= 11 is 1.50. The number of nitrogen functional groups attached to an aromatic ring is 1. The van der Waals surface area contributed by atoms with Crippen LogP contribution in [0.2, 0.25) is 0 Å². The van der Waals surface area contributed by atoms with Crippen LogP contribution >= 0.6 is 11.8 Å². The van der Waals surface area contributed by atoms with Crippen LogP contribution in [0.1, 0.15) is 5.82 Å². The van der Waals surface area contributed by atoms with E-state index in [1.807, 2.05) is 24.7 Å². The van der Waals surface area contributed by atoms with Crippen molar-refractivity contribution in [3.8, 4) is 0 Å². The zero-order valence-corrected chi connectivity index (χ0v) is 10.9. The highest BCUT2D eigenvalue weighted by atomic mass is 32.2. The van der Waals surface area contributed by atoms with Crippen molar-refractivity contribution in [3.63, 3.8) is 0 Å². The van der Waals surface area contributed by atoms with Crippen LogP contribution in [0.4, 0.5) is 11.6 Å². The van der Waals surface area contributed by atoms with Crippen molar-refractivity contribution in [2.45, 2.75) is 18.2 Å². The first kappa shape index (κ1) is 11.3. The summed E-state index contributed by atoms with van der Waals surface area (Å²) < 4.78 is 2.16. The number of nitrogens with zero attached hydrogens (tertiary/aromatic N) is 5. The summed E-state index contributed by atoms with van der Waals surface area (Å²) in [5.74, 6) is 2.45. The molecule has 1 aliphatic heterocycles. The van der Waals surface area contributed by atoms with Crippen molar-refractivity contribution in [3.05, 3.63) is 24.3 Å². The van der Waals surface area contributed by atoms with Crippen molar-refractivity contribution in [1.82, 2.24) is 19.5 Å². The number of fused-ring (bicyclic) bond motifs is 1. The predicted octanol–water partition coefficient (Wildman–Crippen LogP) is 0.997. The third-order valence-corrected chi connectivity index (χ3v) is 3.51. The average Bonchev–Trinajstić information content (AvgIpc) is 2.85. The fourth-order valence-electron chi connectivity index (χ4n) is 2.05. The largest absolute Gasteiger partial charge is 0.383 e. The third-order valence-electron chi connectivity index (χ3n) is 2.96. The van der Waals surface area contributed by atoms with E-state index in [1.54, 1.807) is 0 Å². The molecule has 2 N–H and O–H groups in total. The Bertz CT molecular complexity index is 566. The fourth-order valence-corrected chi connectivity index (χ4v) is 2.43. The highest BCUT2D eigenvalue weighted by Crippen LogP contribution is 2.22. The predicted molar refractivity (Wildman–Crippen MR) is 71.5 cm³/mol.